The zero-order valence-electron chi connectivity index (χ0n) is 35.1. The number of primary amides is 1. The highest BCUT2D eigenvalue weighted by Crippen LogP contribution is 2.39. The molecule has 1 amide bonds. The maximum atomic E-state index is 13.7. The molecule has 1 aliphatic heterocycles. The van der Waals surface area contributed by atoms with Crippen molar-refractivity contribution in [2.75, 3.05) is 52.7 Å². The summed E-state index contributed by atoms with van der Waals surface area (Å²) in [5.41, 5.74) is 9.86. The van der Waals surface area contributed by atoms with Gasteiger partial charge < -0.3 is 39.9 Å². The molecule has 1 heterocycles. The number of quaternary nitrogens is 1. The number of carbonyl (C=O) groups is 1. The van der Waals surface area contributed by atoms with Crippen molar-refractivity contribution in [3.8, 4) is 5.75 Å². The highest BCUT2D eigenvalue weighted by molar-refractivity contribution is 7.44. The number of unbranched alkanes of at least 4 members (excludes halogenated alkanes) is 4. The first-order chi connectivity index (χ1) is 29.1. The second kappa shape index (κ2) is 24.5. The van der Waals surface area contributed by atoms with Gasteiger partial charge in [0.05, 0.1) is 25.7 Å². The third-order valence-electron chi connectivity index (χ3n) is 11.9. The summed E-state index contributed by atoms with van der Waals surface area (Å²) in [5.74, 6) is -0.00926. The highest BCUT2D eigenvalue weighted by Gasteiger charge is 2.43. The average Bonchev–Trinajstić information content (AvgIpc) is 3.49. The Kier molecular flexibility index (Phi) is 19.3. The maximum Gasteiger partial charge on any atom is 0.268 e. The summed E-state index contributed by atoms with van der Waals surface area (Å²) in [6.45, 7) is 4.90. The van der Waals surface area contributed by atoms with Crippen LogP contribution in [-0.4, -0.2) is 73.1 Å². The lowest BCUT2D eigenvalue weighted by atomic mass is 9.71. The number of phosphoric acid groups is 1. The topological polar surface area (TPSA) is 163 Å². The van der Waals surface area contributed by atoms with Gasteiger partial charge in [0.2, 0.25) is 5.91 Å². The third kappa shape index (κ3) is 14.9. The van der Waals surface area contributed by atoms with Gasteiger partial charge in [0.15, 0.2) is 6.79 Å². The number of carbonyl (C=O) groups excluding carboxylic acids is 1. The van der Waals surface area contributed by atoms with Gasteiger partial charge in [-0.25, -0.2) is 0 Å². The number of aliphatic hydroxyl groups excluding tert-OH is 1. The number of aryl methyl sites for hydroxylation is 1. The van der Waals surface area contributed by atoms with E-state index in [1.54, 1.807) is 12.1 Å². The van der Waals surface area contributed by atoms with Crippen LogP contribution in [0.3, 0.4) is 0 Å². The van der Waals surface area contributed by atoms with Gasteiger partial charge in [-0.3, -0.25) is 13.9 Å². The minimum absolute atomic E-state index is 0.369. The second-order valence-corrected chi connectivity index (χ2v) is 17.4. The van der Waals surface area contributed by atoms with E-state index in [4.69, 9.17) is 15.2 Å². The molecule has 2 unspecified atom stereocenters. The van der Waals surface area contributed by atoms with E-state index in [9.17, 15) is 24.3 Å². The zero-order chi connectivity index (χ0) is 42.5. The van der Waals surface area contributed by atoms with Crippen LogP contribution >= 0.6 is 7.82 Å². The van der Waals surface area contributed by atoms with Crippen LogP contribution in [0.4, 0.5) is 0 Å². The van der Waals surface area contributed by atoms with Gasteiger partial charge >= 0.3 is 0 Å². The van der Waals surface area contributed by atoms with Crippen molar-refractivity contribution in [1.29, 1.82) is 0 Å². The minimum Gasteiger partial charge on any atom is -0.756 e. The predicted octanol–water partition coefficient (Wildman–Crippen LogP) is 7.48. The van der Waals surface area contributed by atoms with E-state index in [1.165, 1.54) is 5.56 Å². The van der Waals surface area contributed by atoms with Gasteiger partial charge in [-0.05, 0) is 98.7 Å². The number of nitrogens with one attached hydrogen (secondary N) is 1. The largest absolute Gasteiger partial charge is 0.756 e. The van der Waals surface area contributed by atoms with E-state index in [-0.39, 0.29) is 0 Å². The van der Waals surface area contributed by atoms with Crippen molar-refractivity contribution in [2.45, 2.75) is 95.1 Å². The number of nitrogens with two attached hydrogens (primary N) is 1. The Hall–Kier alpha value is -3.90. The van der Waals surface area contributed by atoms with E-state index in [0.717, 1.165) is 120 Å². The van der Waals surface area contributed by atoms with E-state index >= 15 is 0 Å². The molecular weight excluding hydrogens is 778 g/mol. The van der Waals surface area contributed by atoms with Crippen LogP contribution in [0, 0.1) is 0 Å². The first-order valence-electron chi connectivity index (χ1n) is 21.8. The summed E-state index contributed by atoms with van der Waals surface area (Å²) < 4.78 is 28.3. The van der Waals surface area contributed by atoms with Crippen LogP contribution in [0.1, 0.15) is 105 Å². The molecule has 1 aliphatic rings. The number of phosphoric ester groups is 1. The van der Waals surface area contributed by atoms with Crippen LogP contribution in [0.5, 0.6) is 5.75 Å². The fourth-order valence-corrected chi connectivity index (χ4v) is 8.75. The molecule has 5 rings (SSSR count). The summed E-state index contributed by atoms with van der Waals surface area (Å²) in [7, 11) is -5.01. The number of likely N-dealkylation sites (tertiary alicyclic amines) is 1. The van der Waals surface area contributed by atoms with Crippen molar-refractivity contribution in [1.82, 2.24) is 5.32 Å². The molecule has 0 spiro atoms. The number of nitrogens with zero attached hydrogens (tertiary/aromatic N) is 1. The van der Waals surface area contributed by atoms with Crippen LogP contribution < -0.4 is 20.7 Å². The first kappa shape index (κ1) is 47.2. The Morgan fingerprint density at radius 1 is 0.817 bits per heavy atom. The van der Waals surface area contributed by atoms with Gasteiger partial charge in [-0.15, -0.1) is 0 Å². The molecule has 12 heteroatoms. The van der Waals surface area contributed by atoms with Crippen LogP contribution in [0.25, 0.3) is 0 Å². The number of hydrogen-bond donors (Lipinski definition) is 4. The van der Waals surface area contributed by atoms with Crippen molar-refractivity contribution >= 4 is 13.7 Å². The quantitative estimate of drug-likeness (QED) is 0.0206. The standard InChI is InChI=1S/C48H66N3O8P/c49-47(53)48(43-23-10-6-11-24-43,44-25-12-7-13-26-44)29-33-51(31-16-2-3-17-32-51)38-42-36-41(27-28-46(42)58-39-59-60(54,55)56)45(52)37-50-30-15-1-4-18-34-57-35-19-14-22-40-20-8-5-9-21-40/h5-13,20-21,23-28,36,45,50,52H,1-4,14-19,22,29-35,37-39H2,(H3-,49,53,54,55,56). The molecule has 0 aromatic heterocycles. The van der Waals surface area contributed by atoms with Gasteiger partial charge in [-0.2, -0.15) is 0 Å². The Bertz CT molecular complexity index is 1830. The third-order valence-corrected chi connectivity index (χ3v) is 12.3. The molecule has 1 saturated heterocycles. The molecule has 60 heavy (non-hydrogen) atoms. The van der Waals surface area contributed by atoms with E-state index in [2.05, 4.69) is 34.1 Å². The zero-order valence-corrected chi connectivity index (χ0v) is 36.0. The number of aliphatic hydroxyl groups is 1. The van der Waals surface area contributed by atoms with Crippen molar-refractivity contribution in [2.24, 2.45) is 5.73 Å². The summed E-state index contributed by atoms with van der Waals surface area (Å²) >= 11 is 0. The number of amides is 1. The molecule has 11 nitrogen and oxygen atoms in total. The summed E-state index contributed by atoms with van der Waals surface area (Å²) in [5, 5.41) is 14.8. The van der Waals surface area contributed by atoms with Crippen molar-refractivity contribution in [3.63, 3.8) is 0 Å². The molecule has 4 aromatic rings. The maximum absolute atomic E-state index is 13.7. The van der Waals surface area contributed by atoms with Crippen molar-refractivity contribution < 1.29 is 42.7 Å². The molecule has 5 N–H and O–H groups in total. The summed E-state index contributed by atoms with van der Waals surface area (Å²) in [4.78, 5) is 34.4. The predicted molar refractivity (Wildman–Crippen MR) is 234 cm³/mol. The van der Waals surface area contributed by atoms with Gasteiger partial charge in [0, 0.05) is 31.7 Å². The molecule has 0 radical (unpaired) electrons. The summed E-state index contributed by atoms with van der Waals surface area (Å²) in [6, 6.07) is 35.5. The Morgan fingerprint density at radius 2 is 1.42 bits per heavy atom. The molecule has 0 bridgehead atoms. The molecule has 4 aromatic carbocycles. The normalized spacial score (nSPS) is 15.8. The number of rotatable bonds is 27. The lowest BCUT2D eigenvalue weighted by molar-refractivity contribution is -0.940. The summed E-state index contributed by atoms with van der Waals surface area (Å²) in [6.07, 6.45) is 11.4. The number of hydrogen-bond acceptors (Lipinski definition) is 8. The number of benzene rings is 4. The Morgan fingerprint density at radius 3 is 2.03 bits per heavy atom. The van der Waals surface area contributed by atoms with Gasteiger partial charge in [0.25, 0.3) is 7.82 Å². The SMILES string of the molecule is NC(=O)C(CC[N+]1(Cc2cc(C(O)CNCCCCCCOCCCCc3ccccc3)ccc2OCOP(=O)([O-])O)CCCCCC1)(c1ccccc1)c1ccccc1. The molecule has 0 aliphatic carbocycles. The molecule has 2 atom stereocenters. The van der Waals surface area contributed by atoms with Crippen LogP contribution in [-0.2, 0) is 37.0 Å². The molecule has 326 valence electrons. The van der Waals surface area contributed by atoms with Crippen LogP contribution in [0.2, 0.25) is 0 Å². The molecule has 0 saturated carbocycles. The molecular formula is C48H66N3O8P. The van der Waals surface area contributed by atoms with Crippen molar-refractivity contribution in [3.05, 3.63) is 137 Å². The van der Waals surface area contributed by atoms with Gasteiger partial charge in [0.1, 0.15) is 17.7 Å². The Balaban J connectivity index is 1.21. The van der Waals surface area contributed by atoms with E-state index in [0.29, 0.717) is 41.9 Å². The second-order valence-electron chi connectivity index (χ2n) is 16.3. The minimum atomic E-state index is -5.01. The molecule has 1 fully saturated rings. The fraction of sp³-hybridized carbons (Fsp3) is 0.479. The Labute approximate surface area is 357 Å². The highest BCUT2D eigenvalue weighted by atomic mass is 31.2. The lowest BCUT2D eigenvalue weighted by Gasteiger charge is -2.42. The average molecular weight is 844 g/mol. The van der Waals surface area contributed by atoms with Crippen LogP contribution in [0.15, 0.2) is 109 Å². The monoisotopic (exact) mass is 843 g/mol. The van der Waals surface area contributed by atoms with E-state index in [1.807, 2.05) is 72.8 Å². The van der Waals surface area contributed by atoms with Gasteiger partial charge in [-0.1, -0.05) is 110 Å². The first-order valence-corrected chi connectivity index (χ1v) is 23.3. The lowest BCUT2D eigenvalue weighted by Crippen LogP contribution is -2.53. The fourth-order valence-electron chi connectivity index (χ4n) is 8.57. The van der Waals surface area contributed by atoms with E-state index < -0.39 is 32.0 Å². The smallest absolute Gasteiger partial charge is 0.268 e. The number of ether oxygens (including phenoxy) is 2.